The highest BCUT2D eigenvalue weighted by molar-refractivity contribution is 6.31. The molecule has 7 heteroatoms. The van der Waals surface area contributed by atoms with Crippen LogP contribution in [-0.4, -0.2) is 29.8 Å². The molecule has 0 radical (unpaired) electrons. The second kappa shape index (κ2) is 11.1. The lowest BCUT2D eigenvalue weighted by Gasteiger charge is -2.31. The van der Waals surface area contributed by atoms with Gasteiger partial charge < -0.3 is 10.2 Å². The molecule has 0 heterocycles. The van der Waals surface area contributed by atoms with E-state index in [2.05, 4.69) is 5.32 Å². The van der Waals surface area contributed by atoms with E-state index in [1.807, 2.05) is 36.4 Å². The number of benzene rings is 3. The van der Waals surface area contributed by atoms with Gasteiger partial charge in [0.2, 0.25) is 11.8 Å². The summed E-state index contributed by atoms with van der Waals surface area (Å²) in [5.74, 6) is -1.32. The highest BCUT2D eigenvalue weighted by Gasteiger charge is 2.31. The van der Waals surface area contributed by atoms with Crippen LogP contribution in [-0.2, 0) is 29.0 Å². The van der Waals surface area contributed by atoms with Crippen LogP contribution in [0.1, 0.15) is 16.7 Å². The first kappa shape index (κ1) is 23.8. The molecule has 0 fully saturated rings. The third kappa shape index (κ3) is 5.87. The number of hydrogen-bond acceptors (Lipinski definition) is 2. The average Bonchev–Trinajstić information content (AvgIpc) is 2.80. The van der Waals surface area contributed by atoms with Crippen molar-refractivity contribution in [2.24, 2.45) is 0 Å². The van der Waals surface area contributed by atoms with Gasteiger partial charge in [0.05, 0.1) is 6.42 Å². The highest BCUT2D eigenvalue weighted by Crippen LogP contribution is 2.24. The molecule has 0 spiro atoms. The largest absolute Gasteiger partial charge is 0.357 e. The van der Waals surface area contributed by atoms with E-state index < -0.39 is 17.8 Å². The Morgan fingerprint density at radius 1 is 0.938 bits per heavy atom. The van der Waals surface area contributed by atoms with E-state index in [0.717, 1.165) is 5.56 Å². The van der Waals surface area contributed by atoms with Gasteiger partial charge in [-0.25, -0.2) is 4.39 Å². The molecule has 3 rings (SSSR count). The highest BCUT2D eigenvalue weighted by atomic mass is 35.5. The Kier molecular flexibility index (Phi) is 8.26. The molecule has 4 nitrogen and oxygen atoms in total. The van der Waals surface area contributed by atoms with Gasteiger partial charge in [-0.2, -0.15) is 0 Å². The Morgan fingerprint density at radius 3 is 2.25 bits per heavy atom. The molecule has 166 valence electrons. The maximum absolute atomic E-state index is 14.4. The number of hydrogen-bond donors (Lipinski definition) is 1. The second-order valence-corrected chi connectivity index (χ2v) is 8.12. The molecule has 0 aliphatic heterocycles. The lowest BCUT2D eigenvalue weighted by atomic mass is 10.0. The smallest absolute Gasteiger partial charge is 0.242 e. The van der Waals surface area contributed by atoms with Crippen molar-refractivity contribution in [1.82, 2.24) is 10.2 Å². The first-order chi connectivity index (χ1) is 15.4. The Balaban J connectivity index is 1.99. The fourth-order valence-corrected chi connectivity index (χ4v) is 3.91. The molecule has 3 aromatic carbocycles. The molecule has 1 atom stereocenters. The molecule has 0 bridgehead atoms. The number of nitrogens with zero attached hydrogens (tertiary/aromatic N) is 1. The quantitative estimate of drug-likeness (QED) is 0.497. The summed E-state index contributed by atoms with van der Waals surface area (Å²) in [4.78, 5) is 27.8. The Labute approximate surface area is 197 Å². The van der Waals surface area contributed by atoms with Gasteiger partial charge in [-0.05, 0) is 29.3 Å². The van der Waals surface area contributed by atoms with E-state index in [4.69, 9.17) is 23.2 Å². The summed E-state index contributed by atoms with van der Waals surface area (Å²) in [6.45, 7) is 0.0928. The standard InChI is InChI=1S/C25H23Cl2FN2O2/c1-29-25(32)23(14-17-8-3-2-4-9-17)30(16-18-10-5-6-11-20(18)26)24(31)15-19-21(27)12-7-13-22(19)28/h2-13,23H,14-16H2,1H3,(H,29,32). The molecular formula is C25H23Cl2FN2O2. The second-order valence-electron chi connectivity index (χ2n) is 7.31. The van der Waals surface area contributed by atoms with Gasteiger partial charge in [-0.15, -0.1) is 0 Å². The Bertz CT molecular complexity index is 1070. The summed E-state index contributed by atoms with van der Waals surface area (Å²) in [5.41, 5.74) is 1.67. The van der Waals surface area contributed by atoms with E-state index >= 15 is 0 Å². The van der Waals surface area contributed by atoms with E-state index in [9.17, 15) is 14.0 Å². The fraction of sp³-hybridized carbons (Fsp3) is 0.200. The van der Waals surface area contributed by atoms with Crippen LogP contribution in [0.4, 0.5) is 4.39 Å². The number of amides is 2. The number of likely N-dealkylation sites (N-methyl/N-ethyl adjacent to an activating group) is 1. The first-order valence-corrected chi connectivity index (χ1v) is 10.9. The zero-order chi connectivity index (χ0) is 23.1. The number of carbonyl (C=O) groups is 2. The fourth-order valence-electron chi connectivity index (χ4n) is 3.48. The van der Waals surface area contributed by atoms with Crippen LogP contribution in [0, 0.1) is 5.82 Å². The first-order valence-electron chi connectivity index (χ1n) is 10.1. The zero-order valence-corrected chi connectivity index (χ0v) is 19.0. The number of nitrogens with one attached hydrogen (secondary N) is 1. The average molecular weight is 473 g/mol. The molecular weight excluding hydrogens is 450 g/mol. The van der Waals surface area contributed by atoms with E-state index in [1.165, 1.54) is 30.1 Å². The molecule has 0 aliphatic carbocycles. The van der Waals surface area contributed by atoms with Gasteiger partial charge in [0, 0.05) is 35.6 Å². The molecule has 32 heavy (non-hydrogen) atoms. The molecule has 0 saturated heterocycles. The molecule has 0 aliphatic rings. The summed E-state index contributed by atoms with van der Waals surface area (Å²) in [5, 5.41) is 3.28. The summed E-state index contributed by atoms with van der Waals surface area (Å²) in [7, 11) is 1.52. The normalized spacial score (nSPS) is 11.6. The molecule has 1 N–H and O–H groups in total. The van der Waals surface area contributed by atoms with Crippen LogP contribution in [0.15, 0.2) is 72.8 Å². The monoisotopic (exact) mass is 472 g/mol. The minimum absolute atomic E-state index is 0.0928. The van der Waals surface area contributed by atoms with Crippen molar-refractivity contribution in [2.75, 3.05) is 7.05 Å². The van der Waals surface area contributed by atoms with E-state index in [0.29, 0.717) is 17.0 Å². The number of halogens is 3. The summed E-state index contributed by atoms with van der Waals surface area (Å²) < 4.78 is 14.4. The van der Waals surface area contributed by atoms with E-state index in [1.54, 1.807) is 18.2 Å². The van der Waals surface area contributed by atoms with Crippen molar-refractivity contribution in [1.29, 1.82) is 0 Å². The van der Waals surface area contributed by atoms with Crippen molar-refractivity contribution in [3.05, 3.63) is 105 Å². The predicted molar refractivity (Wildman–Crippen MR) is 125 cm³/mol. The van der Waals surface area contributed by atoms with Crippen molar-refractivity contribution in [3.8, 4) is 0 Å². The van der Waals surface area contributed by atoms with Gasteiger partial charge >= 0.3 is 0 Å². The van der Waals surface area contributed by atoms with Crippen LogP contribution in [0.5, 0.6) is 0 Å². The van der Waals surface area contributed by atoms with Gasteiger partial charge in [-0.3, -0.25) is 9.59 Å². The number of rotatable bonds is 8. The molecule has 2 amide bonds. The summed E-state index contributed by atoms with van der Waals surface area (Å²) >= 11 is 12.5. The van der Waals surface area contributed by atoms with Crippen molar-refractivity contribution in [3.63, 3.8) is 0 Å². The van der Waals surface area contributed by atoms with E-state index in [-0.39, 0.29) is 29.5 Å². The molecule has 1 unspecified atom stereocenters. The Morgan fingerprint density at radius 2 is 1.59 bits per heavy atom. The lowest BCUT2D eigenvalue weighted by molar-refractivity contribution is -0.140. The van der Waals surface area contributed by atoms with Crippen molar-refractivity contribution < 1.29 is 14.0 Å². The maximum atomic E-state index is 14.4. The summed E-state index contributed by atoms with van der Waals surface area (Å²) in [6.07, 6.45) is 0.0138. The minimum Gasteiger partial charge on any atom is -0.357 e. The lowest BCUT2D eigenvalue weighted by Crippen LogP contribution is -2.50. The summed E-state index contributed by atoms with van der Waals surface area (Å²) in [6, 6.07) is 20.0. The van der Waals surface area contributed by atoms with Gasteiger partial charge in [0.15, 0.2) is 0 Å². The van der Waals surface area contributed by atoms with Crippen LogP contribution < -0.4 is 5.32 Å². The molecule has 0 saturated carbocycles. The molecule has 0 aromatic heterocycles. The Hall–Kier alpha value is -2.89. The predicted octanol–water partition coefficient (Wildman–Crippen LogP) is 5.06. The maximum Gasteiger partial charge on any atom is 0.242 e. The van der Waals surface area contributed by atoms with Crippen LogP contribution in [0.25, 0.3) is 0 Å². The van der Waals surface area contributed by atoms with Gasteiger partial charge in [0.1, 0.15) is 11.9 Å². The van der Waals surface area contributed by atoms with Crippen LogP contribution in [0.3, 0.4) is 0 Å². The third-order valence-electron chi connectivity index (χ3n) is 5.21. The molecule has 3 aromatic rings. The van der Waals surface area contributed by atoms with Crippen molar-refractivity contribution in [2.45, 2.75) is 25.4 Å². The van der Waals surface area contributed by atoms with Gasteiger partial charge in [0.25, 0.3) is 0 Å². The van der Waals surface area contributed by atoms with Crippen LogP contribution >= 0.6 is 23.2 Å². The third-order valence-corrected chi connectivity index (χ3v) is 5.93. The number of carbonyl (C=O) groups excluding carboxylic acids is 2. The SMILES string of the molecule is CNC(=O)C(Cc1ccccc1)N(Cc1ccccc1Cl)C(=O)Cc1c(F)cccc1Cl. The van der Waals surface area contributed by atoms with Crippen molar-refractivity contribution >= 4 is 35.0 Å². The van der Waals surface area contributed by atoms with Crippen LogP contribution in [0.2, 0.25) is 10.0 Å². The topological polar surface area (TPSA) is 49.4 Å². The minimum atomic E-state index is -0.822. The zero-order valence-electron chi connectivity index (χ0n) is 17.5. The van der Waals surface area contributed by atoms with Gasteiger partial charge in [-0.1, -0.05) is 77.8 Å².